The van der Waals surface area contributed by atoms with Gasteiger partial charge in [0.15, 0.2) is 0 Å². The lowest BCUT2D eigenvalue weighted by atomic mass is 10.1. The molecule has 0 saturated carbocycles. The molecule has 0 aliphatic carbocycles. The Hall–Kier alpha value is -2.77. The predicted molar refractivity (Wildman–Crippen MR) is 92.7 cm³/mol. The van der Waals surface area contributed by atoms with Crippen LogP contribution in [0.5, 0.6) is 0 Å². The van der Waals surface area contributed by atoms with Gasteiger partial charge in [-0.2, -0.15) is 0 Å². The molecule has 0 aromatic rings. The Labute approximate surface area is 160 Å². The number of aliphatic carboxylic acids is 2. The number of carboxylic acids is 2. The quantitative estimate of drug-likeness (QED) is 0.166. The molecule has 0 rings (SSSR count). The summed E-state index contributed by atoms with van der Waals surface area (Å²) in [5.41, 5.74) is 5.42. The van der Waals surface area contributed by atoms with Gasteiger partial charge < -0.3 is 42.1 Å². The lowest BCUT2D eigenvalue weighted by molar-refractivity contribution is -0.143. The number of nitrogens with two attached hydrogens (primary N) is 1. The van der Waals surface area contributed by atoms with Gasteiger partial charge in [-0.05, 0) is 20.8 Å². The number of hydrogen-bond acceptors (Lipinski definition) is 8. The molecule has 0 aliphatic rings. The molecule has 13 heteroatoms. The first-order valence-corrected chi connectivity index (χ1v) is 8.25. The Morgan fingerprint density at radius 2 is 1.36 bits per heavy atom. The molecule has 0 spiro atoms. The maximum Gasteiger partial charge on any atom is 0.325 e. The van der Waals surface area contributed by atoms with Crippen LogP contribution in [-0.2, 0) is 24.0 Å². The molecule has 0 aromatic heterocycles. The molecule has 0 heterocycles. The molecule has 0 aromatic carbocycles. The Morgan fingerprint density at radius 1 is 0.821 bits per heavy atom. The topological polar surface area (TPSA) is 228 Å². The molecule has 3 amide bonds. The third-order valence-electron chi connectivity index (χ3n) is 3.63. The summed E-state index contributed by atoms with van der Waals surface area (Å²) in [7, 11) is 0. The van der Waals surface area contributed by atoms with Crippen LogP contribution < -0.4 is 21.7 Å². The third-order valence-corrected chi connectivity index (χ3v) is 3.63. The van der Waals surface area contributed by atoms with Crippen LogP contribution in [0.1, 0.15) is 27.2 Å². The fraction of sp³-hybridized carbons (Fsp3) is 0.667. The molecule has 0 fully saturated rings. The zero-order valence-corrected chi connectivity index (χ0v) is 15.6. The van der Waals surface area contributed by atoms with Crippen molar-refractivity contribution >= 4 is 29.7 Å². The zero-order valence-electron chi connectivity index (χ0n) is 15.6. The Kier molecular flexibility index (Phi) is 10.1. The van der Waals surface area contributed by atoms with Crippen molar-refractivity contribution in [3.05, 3.63) is 0 Å². The van der Waals surface area contributed by atoms with Crippen molar-refractivity contribution in [3.8, 4) is 0 Å². The molecule has 28 heavy (non-hydrogen) atoms. The predicted octanol–water partition coefficient (Wildman–Crippen LogP) is -3.89. The van der Waals surface area contributed by atoms with Crippen molar-refractivity contribution in [1.29, 1.82) is 0 Å². The first-order valence-electron chi connectivity index (χ1n) is 8.25. The number of aliphatic hydroxyl groups excluding tert-OH is 2. The average Bonchev–Trinajstić information content (AvgIpc) is 2.56. The van der Waals surface area contributed by atoms with Gasteiger partial charge in [0.05, 0.1) is 18.6 Å². The minimum atomic E-state index is -1.67. The van der Waals surface area contributed by atoms with E-state index in [0.29, 0.717) is 0 Å². The molecule has 6 atom stereocenters. The summed E-state index contributed by atoms with van der Waals surface area (Å²) in [6, 6.07) is -6.03. The fourth-order valence-electron chi connectivity index (χ4n) is 1.89. The molecule has 13 nitrogen and oxygen atoms in total. The maximum absolute atomic E-state index is 12.3. The maximum atomic E-state index is 12.3. The van der Waals surface area contributed by atoms with Crippen LogP contribution in [0, 0.1) is 0 Å². The first-order chi connectivity index (χ1) is 12.8. The van der Waals surface area contributed by atoms with Gasteiger partial charge in [0, 0.05) is 0 Å². The van der Waals surface area contributed by atoms with E-state index in [1.165, 1.54) is 6.92 Å². The van der Waals surface area contributed by atoms with Crippen LogP contribution in [0.4, 0.5) is 0 Å². The molecule has 0 saturated heterocycles. The van der Waals surface area contributed by atoms with E-state index in [9.17, 15) is 34.2 Å². The lowest BCUT2D eigenvalue weighted by Crippen LogP contribution is -2.60. The molecule has 0 aliphatic heterocycles. The van der Waals surface area contributed by atoms with Crippen LogP contribution in [0.2, 0.25) is 0 Å². The van der Waals surface area contributed by atoms with E-state index < -0.39 is 72.5 Å². The highest BCUT2D eigenvalue weighted by atomic mass is 16.4. The summed E-state index contributed by atoms with van der Waals surface area (Å²) in [4.78, 5) is 58.1. The highest BCUT2D eigenvalue weighted by molar-refractivity contribution is 5.95. The van der Waals surface area contributed by atoms with Crippen LogP contribution in [0.3, 0.4) is 0 Å². The number of aliphatic hydroxyl groups is 2. The number of carbonyl (C=O) groups is 5. The van der Waals surface area contributed by atoms with Gasteiger partial charge in [-0.1, -0.05) is 0 Å². The van der Waals surface area contributed by atoms with Crippen molar-refractivity contribution < 1.29 is 44.4 Å². The normalized spacial score (nSPS) is 17.2. The van der Waals surface area contributed by atoms with Crippen molar-refractivity contribution in [2.24, 2.45) is 5.73 Å². The van der Waals surface area contributed by atoms with E-state index in [-0.39, 0.29) is 0 Å². The minimum Gasteiger partial charge on any atom is -0.481 e. The van der Waals surface area contributed by atoms with Crippen molar-refractivity contribution in [2.75, 3.05) is 0 Å². The summed E-state index contributed by atoms with van der Waals surface area (Å²) in [6.45, 7) is 3.52. The fourth-order valence-corrected chi connectivity index (χ4v) is 1.89. The minimum absolute atomic E-state index is 0.871. The van der Waals surface area contributed by atoms with Crippen molar-refractivity contribution in [2.45, 2.75) is 63.6 Å². The number of nitrogens with one attached hydrogen (secondary N) is 3. The number of rotatable bonds is 11. The molecular weight excluding hydrogens is 380 g/mol. The van der Waals surface area contributed by atoms with Crippen molar-refractivity contribution in [3.63, 3.8) is 0 Å². The van der Waals surface area contributed by atoms with E-state index in [0.717, 1.165) is 13.8 Å². The van der Waals surface area contributed by atoms with Crippen LogP contribution in [-0.4, -0.2) is 86.5 Å². The van der Waals surface area contributed by atoms with E-state index in [1.54, 1.807) is 0 Å². The first kappa shape index (κ1) is 25.2. The van der Waals surface area contributed by atoms with Gasteiger partial charge in [0.1, 0.15) is 24.2 Å². The molecule has 0 radical (unpaired) electrons. The molecular formula is C15H26N4O9. The molecule has 6 unspecified atom stereocenters. The van der Waals surface area contributed by atoms with Crippen LogP contribution >= 0.6 is 0 Å². The van der Waals surface area contributed by atoms with Gasteiger partial charge in [-0.25, -0.2) is 0 Å². The van der Waals surface area contributed by atoms with Gasteiger partial charge >= 0.3 is 11.9 Å². The van der Waals surface area contributed by atoms with Crippen LogP contribution in [0.15, 0.2) is 0 Å². The average molecular weight is 406 g/mol. The Bertz CT molecular complexity index is 608. The van der Waals surface area contributed by atoms with E-state index >= 15 is 0 Å². The SMILES string of the molecule is CC(NC(=O)C(NC(=O)C(CC(=O)O)NC(=O)C(N)C(C)O)C(C)O)C(=O)O. The Morgan fingerprint density at radius 3 is 1.75 bits per heavy atom. The number of carbonyl (C=O) groups excluding carboxylic acids is 3. The smallest absolute Gasteiger partial charge is 0.325 e. The summed E-state index contributed by atoms with van der Waals surface area (Å²) in [5, 5.41) is 42.9. The second-order valence-corrected chi connectivity index (χ2v) is 6.22. The molecule has 160 valence electrons. The third kappa shape index (κ3) is 8.28. The summed E-state index contributed by atoms with van der Waals surface area (Å²) < 4.78 is 0. The molecule has 0 bridgehead atoms. The standard InChI is InChI=1S/C15H26N4O9/c1-5(15(27)28)17-14(26)11(7(3)21)19-12(24)8(4-9(22)23)18-13(25)10(16)6(2)20/h5-8,10-11,20-21H,4,16H2,1-3H3,(H,17,26)(H,18,25)(H,19,24)(H,22,23)(H,27,28). The summed E-state index contributed by atoms with van der Waals surface area (Å²) in [5.74, 6) is -5.97. The van der Waals surface area contributed by atoms with Crippen molar-refractivity contribution in [1.82, 2.24) is 16.0 Å². The highest BCUT2D eigenvalue weighted by Gasteiger charge is 2.33. The second kappa shape index (κ2) is 11.2. The van der Waals surface area contributed by atoms with E-state index in [4.69, 9.17) is 15.9 Å². The largest absolute Gasteiger partial charge is 0.481 e. The number of amides is 3. The zero-order chi connectivity index (χ0) is 22.2. The van der Waals surface area contributed by atoms with Crippen LogP contribution in [0.25, 0.3) is 0 Å². The van der Waals surface area contributed by atoms with E-state index in [1.807, 2.05) is 10.6 Å². The van der Waals surface area contributed by atoms with Gasteiger partial charge in [0.25, 0.3) is 0 Å². The molecule has 9 N–H and O–H groups in total. The van der Waals surface area contributed by atoms with E-state index in [2.05, 4.69) is 5.32 Å². The summed E-state index contributed by atoms with van der Waals surface area (Å²) in [6.07, 6.45) is -3.61. The summed E-state index contributed by atoms with van der Waals surface area (Å²) >= 11 is 0. The number of hydrogen-bond donors (Lipinski definition) is 8. The number of carboxylic acid groups (broad SMARTS) is 2. The van der Waals surface area contributed by atoms with Gasteiger partial charge in [-0.15, -0.1) is 0 Å². The highest BCUT2D eigenvalue weighted by Crippen LogP contribution is 2.01. The second-order valence-electron chi connectivity index (χ2n) is 6.22. The monoisotopic (exact) mass is 406 g/mol. The van der Waals surface area contributed by atoms with Gasteiger partial charge in [0.2, 0.25) is 17.7 Å². The lowest BCUT2D eigenvalue weighted by Gasteiger charge is -2.25. The Balaban J connectivity index is 5.32. The van der Waals surface area contributed by atoms with Gasteiger partial charge in [-0.3, -0.25) is 24.0 Å².